The maximum absolute atomic E-state index is 12.5. The zero-order chi connectivity index (χ0) is 14.8. The number of sulfonamides is 1. The predicted octanol–water partition coefficient (Wildman–Crippen LogP) is 0.449. The summed E-state index contributed by atoms with van der Waals surface area (Å²) in [5.74, 6) is 0. The monoisotopic (exact) mass is 300 g/mol. The average molecular weight is 300 g/mol. The third kappa shape index (κ3) is 3.22. The van der Waals surface area contributed by atoms with Crippen LogP contribution in [-0.4, -0.2) is 62.9 Å². The average Bonchev–Trinajstić information content (AvgIpc) is 3.00. The summed E-state index contributed by atoms with van der Waals surface area (Å²) in [6.45, 7) is 2.23. The molecular weight excluding hydrogens is 276 g/mol. The Balaban J connectivity index is 2.08. The Morgan fingerprint density at radius 1 is 1.55 bits per heavy atom. The van der Waals surface area contributed by atoms with E-state index in [2.05, 4.69) is 22.2 Å². The van der Waals surface area contributed by atoms with Gasteiger partial charge in [-0.25, -0.2) is 8.42 Å². The maximum Gasteiger partial charge on any atom is 0.244 e. The topological polar surface area (TPSA) is 68.4 Å². The second-order valence-corrected chi connectivity index (χ2v) is 7.50. The number of hydrogen-bond acceptors (Lipinski definition) is 4. The molecule has 1 aliphatic rings. The number of nitrogens with zero attached hydrogens (tertiary/aromatic N) is 2. The second-order valence-electron chi connectivity index (χ2n) is 5.45. The van der Waals surface area contributed by atoms with Crippen molar-refractivity contribution in [2.24, 2.45) is 0 Å². The number of rotatable bonds is 6. The summed E-state index contributed by atoms with van der Waals surface area (Å²) in [5, 5.41) is 3.00. The van der Waals surface area contributed by atoms with Gasteiger partial charge in [0.2, 0.25) is 10.0 Å². The van der Waals surface area contributed by atoms with E-state index < -0.39 is 10.0 Å². The van der Waals surface area contributed by atoms with Crippen LogP contribution in [0.15, 0.2) is 17.2 Å². The van der Waals surface area contributed by atoms with Crippen LogP contribution < -0.4 is 5.32 Å². The van der Waals surface area contributed by atoms with Gasteiger partial charge in [0.1, 0.15) is 0 Å². The van der Waals surface area contributed by atoms with E-state index in [1.807, 2.05) is 7.05 Å². The molecule has 7 heteroatoms. The summed E-state index contributed by atoms with van der Waals surface area (Å²) in [6.07, 6.45) is 3.77. The fraction of sp³-hybridized carbons (Fsp3) is 0.692. The fourth-order valence-electron chi connectivity index (χ4n) is 2.65. The molecule has 1 unspecified atom stereocenters. The summed E-state index contributed by atoms with van der Waals surface area (Å²) >= 11 is 0. The van der Waals surface area contributed by atoms with Crippen molar-refractivity contribution in [1.29, 1.82) is 0 Å². The molecule has 1 atom stereocenters. The lowest BCUT2D eigenvalue weighted by Crippen LogP contribution is -2.39. The van der Waals surface area contributed by atoms with E-state index >= 15 is 0 Å². The van der Waals surface area contributed by atoms with Crippen LogP contribution in [0.25, 0.3) is 0 Å². The number of aromatic nitrogens is 1. The summed E-state index contributed by atoms with van der Waals surface area (Å²) in [4.78, 5) is 5.56. The van der Waals surface area contributed by atoms with Crippen molar-refractivity contribution in [2.45, 2.75) is 30.3 Å². The third-order valence-corrected chi connectivity index (χ3v) is 5.73. The lowest BCUT2D eigenvalue weighted by Gasteiger charge is -2.25. The molecule has 1 fully saturated rings. The van der Waals surface area contributed by atoms with E-state index in [1.165, 1.54) is 4.31 Å². The van der Waals surface area contributed by atoms with Crippen LogP contribution in [0.1, 0.15) is 18.5 Å². The van der Waals surface area contributed by atoms with Gasteiger partial charge < -0.3 is 15.2 Å². The molecular formula is C13H24N4O2S. The molecule has 2 heterocycles. The van der Waals surface area contributed by atoms with E-state index in [1.54, 1.807) is 19.3 Å². The van der Waals surface area contributed by atoms with Crippen molar-refractivity contribution in [3.8, 4) is 0 Å². The largest absolute Gasteiger partial charge is 0.363 e. The van der Waals surface area contributed by atoms with Crippen LogP contribution in [0, 0.1) is 0 Å². The Morgan fingerprint density at radius 3 is 2.90 bits per heavy atom. The minimum Gasteiger partial charge on any atom is -0.363 e. The molecule has 20 heavy (non-hydrogen) atoms. The first kappa shape index (κ1) is 15.5. The van der Waals surface area contributed by atoms with Crippen molar-refractivity contribution in [2.75, 3.05) is 34.2 Å². The minimum absolute atomic E-state index is 0.325. The van der Waals surface area contributed by atoms with Gasteiger partial charge in [-0.2, -0.15) is 4.31 Å². The molecule has 0 amide bonds. The fourth-order valence-corrected chi connectivity index (χ4v) is 3.87. The van der Waals surface area contributed by atoms with E-state index in [0.29, 0.717) is 24.0 Å². The molecule has 1 aromatic heterocycles. The molecule has 2 N–H and O–H groups in total. The van der Waals surface area contributed by atoms with Gasteiger partial charge in [-0.3, -0.25) is 0 Å². The summed E-state index contributed by atoms with van der Waals surface area (Å²) in [5.41, 5.74) is 0.873. The van der Waals surface area contributed by atoms with Crippen molar-refractivity contribution in [1.82, 2.24) is 19.5 Å². The van der Waals surface area contributed by atoms with Crippen LogP contribution in [0.3, 0.4) is 0 Å². The van der Waals surface area contributed by atoms with Gasteiger partial charge in [-0.1, -0.05) is 0 Å². The number of H-pyrrole nitrogens is 1. The molecule has 6 nitrogen and oxygen atoms in total. The minimum atomic E-state index is -3.40. The second kappa shape index (κ2) is 6.26. The van der Waals surface area contributed by atoms with Gasteiger partial charge in [-0.05, 0) is 39.5 Å². The third-order valence-electron chi connectivity index (χ3n) is 3.93. The Morgan fingerprint density at radius 2 is 2.30 bits per heavy atom. The first-order valence-electron chi connectivity index (χ1n) is 6.93. The van der Waals surface area contributed by atoms with Gasteiger partial charge in [0.25, 0.3) is 0 Å². The van der Waals surface area contributed by atoms with Gasteiger partial charge in [-0.15, -0.1) is 0 Å². The number of likely N-dealkylation sites (N-methyl/N-ethyl adjacent to an activating group) is 2. The molecule has 0 aromatic carbocycles. The number of aromatic amines is 1. The van der Waals surface area contributed by atoms with E-state index in [4.69, 9.17) is 0 Å². The highest BCUT2D eigenvalue weighted by Crippen LogP contribution is 2.20. The zero-order valence-electron chi connectivity index (χ0n) is 12.4. The van der Waals surface area contributed by atoms with Gasteiger partial charge >= 0.3 is 0 Å². The number of likely N-dealkylation sites (tertiary alicyclic amines) is 1. The normalized spacial score (nSPS) is 20.9. The molecule has 1 aliphatic heterocycles. The van der Waals surface area contributed by atoms with Crippen LogP contribution >= 0.6 is 0 Å². The summed E-state index contributed by atoms with van der Waals surface area (Å²) in [7, 11) is 2.14. The van der Waals surface area contributed by atoms with Crippen LogP contribution in [0.2, 0.25) is 0 Å². The lowest BCUT2D eigenvalue weighted by molar-refractivity contribution is 0.271. The van der Waals surface area contributed by atoms with Crippen LogP contribution in [0.5, 0.6) is 0 Å². The first-order chi connectivity index (χ1) is 9.45. The highest BCUT2D eigenvalue weighted by molar-refractivity contribution is 7.89. The highest BCUT2D eigenvalue weighted by Gasteiger charge is 2.28. The standard InChI is InChI=1S/C13H24N4O2S/c1-14-8-11-7-13(9-15-11)20(18,19)17(3)10-12-5-4-6-16(12)2/h7,9,12,14-15H,4-6,8,10H2,1-3H3. The van der Waals surface area contributed by atoms with Crippen molar-refractivity contribution in [3.63, 3.8) is 0 Å². The van der Waals surface area contributed by atoms with E-state index in [0.717, 1.165) is 25.1 Å². The molecule has 0 aliphatic carbocycles. The summed E-state index contributed by atoms with van der Waals surface area (Å²) in [6, 6.07) is 2.02. The Kier molecular flexibility index (Phi) is 4.85. The molecule has 1 aromatic rings. The molecule has 114 valence electrons. The molecule has 1 saturated heterocycles. The number of nitrogens with one attached hydrogen (secondary N) is 2. The Labute approximate surface area is 121 Å². The Hall–Kier alpha value is -0.890. The van der Waals surface area contributed by atoms with Gasteiger partial charge in [0.05, 0.1) is 4.90 Å². The van der Waals surface area contributed by atoms with Gasteiger partial charge in [0, 0.05) is 38.1 Å². The maximum atomic E-state index is 12.5. The molecule has 0 spiro atoms. The summed E-state index contributed by atoms with van der Waals surface area (Å²) < 4.78 is 26.5. The van der Waals surface area contributed by atoms with Crippen molar-refractivity contribution in [3.05, 3.63) is 18.0 Å². The Bertz CT molecular complexity index is 540. The predicted molar refractivity (Wildman–Crippen MR) is 79.0 cm³/mol. The van der Waals surface area contributed by atoms with Gasteiger partial charge in [0.15, 0.2) is 0 Å². The highest BCUT2D eigenvalue weighted by atomic mass is 32.2. The van der Waals surface area contributed by atoms with Crippen LogP contribution in [0.4, 0.5) is 0 Å². The SMILES string of the molecule is CNCc1cc(S(=O)(=O)N(C)CC2CCCN2C)c[nH]1. The quantitative estimate of drug-likeness (QED) is 0.800. The van der Waals surface area contributed by atoms with Crippen LogP contribution in [-0.2, 0) is 16.6 Å². The number of hydrogen-bond donors (Lipinski definition) is 2. The van der Waals surface area contributed by atoms with Crippen molar-refractivity contribution >= 4 is 10.0 Å². The molecule has 0 radical (unpaired) electrons. The molecule has 0 saturated carbocycles. The van der Waals surface area contributed by atoms with Crippen molar-refractivity contribution < 1.29 is 8.42 Å². The molecule has 2 rings (SSSR count). The lowest BCUT2D eigenvalue weighted by atomic mass is 10.2. The molecule has 0 bridgehead atoms. The zero-order valence-corrected chi connectivity index (χ0v) is 13.2. The van der Waals surface area contributed by atoms with E-state index in [9.17, 15) is 8.42 Å². The van der Waals surface area contributed by atoms with E-state index in [-0.39, 0.29) is 0 Å². The first-order valence-corrected chi connectivity index (χ1v) is 8.37. The smallest absolute Gasteiger partial charge is 0.244 e.